The molecule has 0 aromatic heterocycles. The third kappa shape index (κ3) is 3.06. The maximum atomic E-state index is 5.52. The smallest absolute Gasteiger partial charge is 0.0471 e. The zero-order valence-electron chi connectivity index (χ0n) is 11.6. The molecule has 0 radical (unpaired) electrons. The van der Waals surface area contributed by atoms with Gasteiger partial charge in [-0.2, -0.15) is 0 Å². The van der Waals surface area contributed by atoms with Crippen molar-refractivity contribution in [1.82, 2.24) is 10.2 Å². The van der Waals surface area contributed by atoms with Crippen molar-refractivity contribution in [2.45, 2.75) is 38.5 Å². The highest BCUT2D eigenvalue weighted by molar-refractivity contribution is 4.91. The minimum Gasteiger partial charge on any atom is -0.381 e. The summed E-state index contributed by atoms with van der Waals surface area (Å²) in [5.41, 5.74) is 0.631. The van der Waals surface area contributed by atoms with Crippen LogP contribution in [-0.2, 0) is 4.74 Å². The lowest BCUT2D eigenvalue weighted by molar-refractivity contribution is 0.0191. The monoisotopic (exact) mass is 252 g/mol. The third-order valence-electron chi connectivity index (χ3n) is 5.38. The lowest BCUT2D eigenvalue weighted by Gasteiger charge is -2.33. The van der Waals surface area contributed by atoms with Gasteiger partial charge < -0.3 is 15.0 Å². The van der Waals surface area contributed by atoms with Gasteiger partial charge in [-0.05, 0) is 76.0 Å². The van der Waals surface area contributed by atoms with Gasteiger partial charge in [0.2, 0.25) is 0 Å². The van der Waals surface area contributed by atoms with Crippen LogP contribution in [0, 0.1) is 11.3 Å². The van der Waals surface area contributed by atoms with Crippen LogP contribution < -0.4 is 5.32 Å². The number of ether oxygens (including phenoxy) is 1. The quantitative estimate of drug-likeness (QED) is 0.830. The molecule has 1 spiro atoms. The Morgan fingerprint density at radius 3 is 2.67 bits per heavy atom. The van der Waals surface area contributed by atoms with Gasteiger partial charge in [0.25, 0.3) is 0 Å². The molecule has 104 valence electrons. The lowest BCUT2D eigenvalue weighted by Crippen LogP contribution is -2.34. The van der Waals surface area contributed by atoms with E-state index in [0.29, 0.717) is 5.41 Å². The summed E-state index contributed by atoms with van der Waals surface area (Å²) in [4.78, 5) is 2.73. The molecule has 0 bridgehead atoms. The highest BCUT2D eigenvalue weighted by Crippen LogP contribution is 2.39. The van der Waals surface area contributed by atoms with Gasteiger partial charge in [-0.3, -0.25) is 0 Å². The molecule has 18 heavy (non-hydrogen) atoms. The molecule has 3 heterocycles. The van der Waals surface area contributed by atoms with Crippen molar-refractivity contribution in [2.75, 3.05) is 45.9 Å². The predicted molar refractivity (Wildman–Crippen MR) is 73.8 cm³/mol. The minimum atomic E-state index is 0.631. The second-order valence-electron chi connectivity index (χ2n) is 6.62. The number of likely N-dealkylation sites (tertiary alicyclic amines) is 1. The van der Waals surface area contributed by atoms with E-state index in [-0.39, 0.29) is 0 Å². The van der Waals surface area contributed by atoms with E-state index in [1.54, 1.807) is 0 Å². The number of hydrogen-bond donors (Lipinski definition) is 1. The summed E-state index contributed by atoms with van der Waals surface area (Å²) in [6, 6.07) is 0. The topological polar surface area (TPSA) is 24.5 Å². The van der Waals surface area contributed by atoms with E-state index in [9.17, 15) is 0 Å². The maximum Gasteiger partial charge on any atom is 0.0471 e. The Bertz CT molecular complexity index is 257. The summed E-state index contributed by atoms with van der Waals surface area (Å²) in [6.45, 7) is 8.52. The van der Waals surface area contributed by atoms with E-state index in [1.165, 1.54) is 71.2 Å². The first-order chi connectivity index (χ1) is 8.86. The molecule has 0 saturated carbocycles. The fourth-order valence-corrected chi connectivity index (χ4v) is 3.97. The average Bonchev–Trinajstić information content (AvgIpc) is 2.82. The number of hydrogen-bond acceptors (Lipinski definition) is 3. The molecule has 3 nitrogen and oxygen atoms in total. The highest BCUT2D eigenvalue weighted by atomic mass is 16.5. The Kier molecular flexibility index (Phi) is 4.22. The molecule has 3 aliphatic rings. The Labute approximate surface area is 111 Å². The first-order valence-electron chi connectivity index (χ1n) is 7.87. The number of nitrogens with zero attached hydrogens (tertiary/aromatic N) is 1. The molecular formula is C15H28N2O. The SMILES string of the molecule is C1CC(CCN2CCC3(CCOCC3)C2)CCN1. The van der Waals surface area contributed by atoms with Crippen LogP contribution in [0.2, 0.25) is 0 Å². The molecule has 0 unspecified atom stereocenters. The zero-order chi connectivity index (χ0) is 12.3. The molecule has 0 aromatic rings. The van der Waals surface area contributed by atoms with Crippen LogP contribution in [0.1, 0.15) is 38.5 Å². The van der Waals surface area contributed by atoms with E-state index >= 15 is 0 Å². The van der Waals surface area contributed by atoms with E-state index in [4.69, 9.17) is 4.74 Å². The van der Waals surface area contributed by atoms with Crippen LogP contribution in [-0.4, -0.2) is 50.8 Å². The molecule has 0 aromatic carbocycles. The van der Waals surface area contributed by atoms with Crippen molar-refractivity contribution >= 4 is 0 Å². The second-order valence-corrected chi connectivity index (χ2v) is 6.62. The summed E-state index contributed by atoms with van der Waals surface area (Å²) in [7, 11) is 0. The van der Waals surface area contributed by atoms with E-state index in [1.807, 2.05) is 0 Å². The van der Waals surface area contributed by atoms with Crippen molar-refractivity contribution in [3.63, 3.8) is 0 Å². The summed E-state index contributed by atoms with van der Waals surface area (Å²) in [6.07, 6.45) is 8.24. The van der Waals surface area contributed by atoms with Crippen LogP contribution in [0.25, 0.3) is 0 Å². The molecule has 0 atom stereocenters. The first-order valence-corrected chi connectivity index (χ1v) is 7.87. The van der Waals surface area contributed by atoms with Crippen molar-refractivity contribution in [3.05, 3.63) is 0 Å². The van der Waals surface area contributed by atoms with Gasteiger partial charge in [0.1, 0.15) is 0 Å². The van der Waals surface area contributed by atoms with Crippen LogP contribution in [0.3, 0.4) is 0 Å². The fourth-order valence-electron chi connectivity index (χ4n) is 3.97. The number of nitrogens with one attached hydrogen (secondary N) is 1. The van der Waals surface area contributed by atoms with E-state index in [2.05, 4.69) is 10.2 Å². The van der Waals surface area contributed by atoms with E-state index in [0.717, 1.165) is 19.1 Å². The molecule has 3 heteroatoms. The normalized spacial score (nSPS) is 30.0. The predicted octanol–water partition coefficient (Wildman–Crippen LogP) is 1.88. The molecule has 3 fully saturated rings. The number of rotatable bonds is 3. The van der Waals surface area contributed by atoms with Gasteiger partial charge in [-0.15, -0.1) is 0 Å². The van der Waals surface area contributed by atoms with Crippen molar-refractivity contribution in [2.24, 2.45) is 11.3 Å². The van der Waals surface area contributed by atoms with Crippen LogP contribution in [0.5, 0.6) is 0 Å². The molecule has 3 saturated heterocycles. The largest absolute Gasteiger partial charge is 0.381 e. The maximum absolute atomic E-state index is 5.52. The highest BCUT2D eigenvalue weighted by Gasteiger charge is 2.39. The Balaban J connectivity index is 1.41. The fraction of sp³-hybridized carbons (Fsp3) is 1.00. The summed E-state index contributed by atoms with van der Waals surface area (Å²) in [5, 5.41) is 3.46. The summed E-state index contributed by atoms with van der Waals surface area (Å²) < 4.78 is 5.52. The van der Waals surface area contributed by atoms with Gasteiger partial charge >= 0.3 is 0 Å². The van der Waals surface area contributed by atoms with Crippen molar-refractivity contribution in [1.29, 1.82) is 0 Å². The summed E-state index contributed by atoms with van der Waals surface area (Å²) >= 11 is 0. The molecular weight excluding hydrogens is 224 g/mol. The average molecular weight is 252 g/mol. The first kappa shape index (κ1) is 12.9. The van der Waals surface area contributed by atoms with Crippen LogP contribution in [0.15, 0.2) is 0 Å². The standard InChI is InChI=1S/C15H28N2O/c1-7-16-8-2-14(1)3-9-17-10-4-15(13-17)5-11-18-12-6-15/h14,16H,1-13H2. The van der Waals surface area contributed by atoms with Crippen LogP contribution >= 0.6 is 0 Å². The van der Waals surface area contributed by atoms with Crippen molar-refractivity contribution < 1.29 is 4.74 Å². The zero-order valence-corrected chi connectivity index (χ0v) is 11.6. The Hall–Kier alpha value is -0.120. The van der Waals surface area contributed by atoms with Gasteiger partial charge in [-0.1, -0.05) is 0 Å². The lowest BCUT2D eigenvalue weighted by atomic mass is 9.80. The molecule has 1 N–H and O–H groups in total. The van der Waals surface area contributed by atoms with Crippen molar-refractivity contribution in [3.8, 4) is 0 Å². The minimum absolute atomic E-state index is 0.631. The molecule has 3 rings (SSSR count). The Morgan fingerprint density at radius 1 is 1.11 bits per heavy atom. The molecule has 0 amide bonds. The summed E-state index contributed by atoms with van der Waals surface area (Å²) in [5.74, 6) is 0.984. The van der Waals surface area contributed by atoms with Gasteiger partial charge in [-0.25, -0.2) is 0 Å². The molecule has 0 aliphatic carbocycles. The molecule has 3 aliphatic heterocycles. The van der Waals surface area contributed by atoms with Gasteiger partial charge in [0.05, 0.1) is 0 Å². The number of piperidine rings is 1. The third-order valence-corrected chi connectivity index (χ3v) is 5.38. The van der Waals surface area contributed by atoms with Crippen LogP contribution in [0.4, 0.5) is 0 Å². The second kappa shape index (κ2) is 5.89. The Morgan fingerprint density at radius 2 is 1.89 bits per heavy atom. The van der Waals surface area contributed by atoms with E-state index < -0.39 is 0 Å². The van der Waals surface area contributed by atoms with Gasteiger partial charge in [0, 0.05) is 19.8 Å². The van der Waals surface area contributed by atoms with Gasteiger partial charge in [0.15, 0.2) is 0 Å².